The average molecular weight is 222 g/mol. The largest absolute Gasteiger partial charge is 0.377 e. The summed E-state index contributed by atoms with van der Waals surface area (Å²) >= 11 is 0. The summed E-state index contributed by atoms with van der Waals surface area (Å²) in [4.78, 5) is 0. The molecule has 0 fully saturated rings. The second-order valence-electron chi connectivity index (χ2n) is 4.70. The molecule has 0 bridgehead atoms. The van der Waals surface area contributed by atoms with Gasteiger partial charge in [-0.3, -0.25) is 11.3 Å². The van der Waals surface area contributed by atoms with Gasteiger partial charge in [0, 0.05) is 7.11 Å². The van der Waals surface area contributed by atoms with Gasteiger partial charge in [-0.05, 0) is 44.4 Å². The van der Waals surface area contributed by atoms with Crippen molar-refractivity contribution in [3.8, 4) is 0 Å². The quantitative estimate of drug-likeness (QED) is 0.606. The normalized spacial score (nSPS) is 13.9. The number of ether oxygens (including phenoxy) is 1. The second kappa shape index (κ2) is 4.95. The van der Waals surface area contributed by atoms with Crippen molar-refractivity contribution in [1.29, 1.82) is 0 Å². The Bertz CT molecular complexity index is 361. The lowest BCUT2D eigenvalue weighted by Gasteiger charge is -2.34. The van der Waals surface area contributed by atoms with Gasteiger partial charge in [-0.1, -0.05) is 18.2 Å². The number of aryl methyl sites for hydroxylation is 1. The van der Waals surface area contributed by atoms with E-state index in [2.05, 4.69) is 31.4 Å². The zero-order valence-electron chi connectivity index (χ0n) is 10.8. The summed E-state index contributed by atoms with van der Waals surface area (Å²) < 4.78 is 5.50. The summed E-state index contributed by atoms with van der Waals surface area (Å²) in [5.41, 5.74) is 6.23. The van der Waals surface area contributed by atoms with Gasteiger partial charge >= 0.3 is 0 Å². The molecule has 1 atom stereocenters. The molecule has 90 valence electrons. The summed E-state index contributed by atoms with van der Waals surface area (Å²) in [6, 6.07) is 6.23. The van der Waals surface area contributed by atoms with E-state index >= 15 is 0 Å². The third-order valence-electron chi connectivity index (χ3n) is 3.35. The number of benzene rings is 1. The van der Waals surface area contributed by atoms with Crippen molar-refractivity contribution in [2.24, 2.45) is 5.84 Å². The minimum atomic E-state index is -0.340. The lowest BCUT2D eigenvalue weighted by Crippen LogP contribution is -2.44. The van der Waals surface area contributed by atoms with Crippen molar-refractivity contribution in [2.75, 3.05) is 7.11 Å². The average Bonchev–Trinajstić information content (AvgIpc) is 2.25. The molecule has 0 spiro atoms. The van der Waals surface area contributed by atoms with Gasteiger partial charge in [-0.15, -0.1) is 0 Å². The van der Waals surface area contributed by atoms with Crippen LogP contribution in [-0.4, -0.2) is 12.7 Å². The van der Waals surface area contributed by atoms with E-state index in [-0.39, 0.29) is 11.6 Å². The number of hydrazine groups is 1. The van der Waals surface area contributed by atoms with Crippen LogP contribution in [0.3, 0.4) is 0 Å². The Morgan fingerprint density at radius 3 is 2.44 bits per heavy atom. The molecule has 1 rings (SSSR count). The van der Waals surface area contributed by atoms with Crippen LogP contribution in [0.4, 0.5) is 0 Å². The standard InChI is InChI=1S/C13H22N2O/c1-9-7-6-8-11(10(9)2)12(15-14)13(3,4)16-5/h6-8,12,15H,14H2,1-5H3. The third kappa shape index (κ3) is 2.43. The molecular weight excluding hydrogens is 200 g/mol. The van der Waals surface area contributed by atoms with Gasteiger partial charge in [0.25, 0.3) is 0 Å². The highest BCUT2D eigenvalue weighted by Crippen LogP contribution is 2.30. The van der Waals surface area contributed by atoms with Crippen LogP contribution in [0.15, 0.2) is 18.2 Å². The number of nitrogens with two attached hydrogens (primary N) is 1. The highest BCUT2D eigenvalue weighted by atomic mass is 16.5. The molecule has 0 amide bonds. The Hall–Kier alpha value is -0.900. The Kier molecular flexibility index (Phi) is 4.08. The van der Waals surface area contributed by atoms with E-state index in [1.807, 2.05) is 19.9 Å². The van der Waals surface area contributed by atoms with Crippen LogP contribution in [0, 0.1) is 13.8 Å². The molecule has 16 heavy (non-hydrogen) atoms. The van der Waals surface area contributed by atoms with Gasteiger partial charge in [-0.25, -0.2) is 0 Å². The lowest BCUT2D eigenvalue weighted by atomic mass is 9.88. The fourth-order valence-corrected chi connectivity index (χ4v) is 1.87. The number of rotatable bonds is 4. The van der Waals surface area contributed by atoms with E-state index in [4.69, 9.17) is 10.6 Å². The molecule has 3 heteroatoms. The van der Waals surface area contributed by atoms with Crippen LogP contribution in [-0.2, 0) is 4.74 Å². The van der Waals surface area contributed by atoms with Crippen molar-refractivity contribution in [2.45, 2.75) is 39.3 Å². The van der Waals surface area contributed by atoms with Crippen LogP contribution >= 0.6 is 0 Å². The molecular formula is C13H22N2O. The molecule has 0 saturated heterocycles. The van der Waals surface area contributed by atoms with Crippen molar-refractivity contribution in [1.82, 2.24) is 5.43 Å². The van der Waals surface area contributed by atoms with Gasteiger partial charge in [-0.2, -0.15) is 0 Å². The molecule has 3 N–H and O–H groups in total. The first-order valence-electron chi connectivity index (χ1n) is 5.51. The van der Waals surface area contributed by atoms with Gasteiger partial charge < -0.3 is 4.74 Å². The maximum Gasteiger partial charge on any atom is 0.0829 e. The fourth-order valence-electron chi connectivity index (χ4n) is 1.87. The van der Waals surface area contributed by atoms with Crippen molar-refractivity contribution >= 4 is 0 Å². The van der Waals surface area contributed by atoms with Crippen molar-refractivity contribution in [3.05, 3.63) is 34.9 Å². The number of nitrogens with one attached hydrogen (secondary N) is 1. The number of hydrogen-bond donors (Lipinski definition) is 2. The van der Waals surface area contributed by atoms with Crippen LogP contribution in [0.25, 0.3) is 0 Å². The van der Waals surface area contributed by atoms with E-state index in [0.717, 1.165) is 0 Å². The highest BCUT2D eigenvalue weighted by molar-refractivity contribution is 5.36. The minimum Gasteiger partial charge on any atom is -0.377 e. The summed E-state index contributed by atoms with van der Waals surface area (Å²) in [5.74, 6) is 5.66. The molecule has 0 saturated carbocycles. The van der Waals surface area contributed by atoms with E-state index in [9.17, 15) is 0 Å². The SMILES string of the molecule is COC(C)(C)C(NN)c1cccc(C)c1C. The van der Waals surface area contributed by atoms with Crippen molar-refractivity contribution < 1.29 is 4.74 Å². The predicted molar refractivity (Wildman–Crippen MR) is 67.1 cm³/mol. The minimum absolute atomic E-state index is 0.0163. The first-order valence-corrected chi connectivity index (χ1v) is 5.51. The molecule has 1 aromatic carbocycles. The maximum atomic E-state index is 5.66. The zero-order chi connectivity index (χ0) is 12.3. The zero-order valence-corrected chi connectivity index (χ0v) is 10.8. The highest BCUT2D eigenvalue weighted by Gasteiger charge is 2.30. The molecule has 0 aliphatic carbocycles. The Morgan fingerprint density at radius 1 is 1.31 bits per heavy atom. The topological polar surface area (TPSA) is 47.3 Å². The van der Waals surface area contributed by atoms with Crippen LogP contribution in [0.2, 0.25) is 0 Å². The van der Waals surface area contributed by atoms with E-state index < -0.39 is 0 Å². The van der Waals surface area contributed by atoms with Crippen LogP contribution < -0.4 is 11.3 Å². The summed E-state index contributed by atoms with van der Waals surface area (Å²) in [6.45, 7) is 8.27. The maximum absolute atomic E-state index is 5.66. The van der Waals surface area contributed by atoms with E-state index in [0.29, 0.717) is 0 Å². The van der Waals surface area contributed by atoms with Crippen LogP contribution in [0.5, 0.6) is 0 Å². The van der Waals surface area contributed by atoms with Gasteiger partial charge in [0.2, 0.25) is 0 Å². The Labute approximate surface area is 98.0 Å². The molecule has 1 unspecified atom stereocenters. The number of methoxy groups -OCH3 is 1. The van der Waals surface area contributed by atoms with Crippen LogP contribution in [0.1, 0.15) is 36.6 Å². The molecule has 0 aliphatic heterocycles. The van der Waals surface area contributed by atoms with Gasteiger partial charge in [0.15, 0.2) is 0 Å². The Balaban J connectivity index is 3.19. The molecule has 0 aromatic heterocycles. The molecule has 3 nitrogen and oxygen atoms in total. The molecule has 0 aliphatic rings. The van der Waals surface area contributed by atoms with Crippen molar-refractivity contribution in [3.63, 3.8) is 0 Å². The third-order valence-corrected chi connectivity index (χ3v) is 3.35. The number of hydrogen-bond acceptors (Lipinski definition) is 3. The fraction of sp³-hybridized carbons (Fsp3) is 0.538. The second-order valence-corrected chi connectivity index (χ2v) is 4.70. The predicted octanol–water partition coefficient (Wildman–Crippen LogP) is 2.23. The lowest BCUT2D eigenvalue weighted by molar-refractivity contribution is -0.0113. The molecule has 1 aromatic rings. The van der Waals surface area contributed by atoms with Gasteiger partial charge in [0.05, 0.1) is 11.6 Å². The monoisotopic (exact) mass is 222 g/mol. The molecule has 0 radical (unpaired) electrons. The summed E-state index contributed by atoms with van der Waals surface area (Å²) in [7, 11) is 1.70. The van der Waals surface area contributed by atoms with E-state index in [1.165, 1.54) is 16.7 Å². The summed E-state index contributed by atoms with van der Waals surface area (Å²) in [5, 5.41) is 0. The first kappa shape index (κ1) is 13.2. The van der Waals surface area contributed by atoms with Gasteiger partial charge in [0.1, 0.15) is 0 Å². The Morgan fingerprint density at radius 2 is 1.94 bits per heavy atom. The first-order chi connectivity index (χ1) is 7.44. The summed E-state index contributed by atoms with van der Waals surface area (Å²) in [6.07, 6.45) is 0. The molecule has 0 heterocycles. The smallest absolute Gasteiger partial charge is 0.0829 e. The van der Waals surface area contributed by atoms with E-state index in [1.54, 1.807) is 7.11 Å².